The molecule has 180 valence electrons. The zero-order valence-electron chi connectivity index (χ0n) is 19.1. The maximum absolute atomic E-state index is 12.6. The number of carbonyl (C=O) groups excluding carboxylic acids is 1. The molecule has 1 aliphatic rings. The molecule has 1 fully saturated rings. The molecule has 1 aliphatic carbocycles. The maximum atomic E-state index is 12.6. The van der Waals surface area contributed by atoms with Crippen LogP contribution in [-0.4, -0.2) is 47.7 Å². The van der Waals surface area contributed by atoms with E-state index in [-0.39, 0.29) is 30.0 Å². The van der Waals surface area contributed by atoms with Gasteiger partial charge in [-0.25, -0.2) is 13.1 Å². The van der Waals surface area contributed by atoms with Crippen LogP contribution in [0.5, 0.6) is 17.2 Å². The monoisotopic (exact) mass is 476 g/mol. The lowest BCUT2D eigenvalue weighted by molar-refractivity contribution is -0.124. The van der Waals surface area contributed by atoms with E-state index in [0.717, 1.165) is 31.2 Å². The third kappa shape index (κ3) is 7.36. The number of methoxy groups -OCH3 is 2. The Balaban J connectivity index is 1.47. The van der Waals surface area contributed by atoms with Gasteiger partial charge in [-0.1, -0.05) is 25.3 Å². The average molecular weight is 477 g/mol. The van der Waals surface area contributed by atoms with Crippen molar-refractivity contribution < 1.29 is 27.4 Å². The number of hydrogen-bond acceptors (Lipinski definition) is 6. The molecule has 0 aromatic heterocycles. The summed E-state index contributed by atoms with van der Waals surface area (Å²) in [6.07, 6.45) is 6.03. The van der Waals surface area contributed by atoms with Gasteiger partial charge in [0.1, 0.15) is 5.75 Å². The molecule has 2 aromatic rings. The second kappa shape index (κ2) is 11.9. The van der Waals surface area contributed by atoms with E-state index in [2.05, 4.69) is 10.0 Å². The Morgan fingerprint density at radius 3 is 2.33 bits per heavy atom. The van der Waals surface area contributed by atoms with Crippen molar-refractivity contribution in [3.05, 3.63) is 48.0 Å². The molecule has 1 saturated carbocycles. The second-order valence-corrected chi connectivity index (χ2v) is 9.77. The van der Waals surface area contributed by atoms with Crippen LogP contribution in [0.4, 0.5) is 0 Å². The minimum Gasteiger partial charge on any atom is -0.493 e. The Hall–Kier alpha value is -2.78. The number of benzene rings is 2. The van der Waals surface area contributed by atoms with Crippen molar-refractivity contribution in [2.24, 2.45) is 0 Å². The van der Waals surface area contributed by atoms with E-state index >= 15 is 0 Å². The van der Waals surface area contributed by atoms with E-state index in [4.69, 9.17) is 14.2 Å². The smallest absolute Gasteiger partial charge is 0.258 e. The average Bonchev–Trinajstić information content (AvgIpc) is 2.83. The van der Waals surface area contributed by atoms with Crippen LogP contribution in [0.15, 0.2) is 47.4 Å². The summed E-state index contributed by atoms with van der Waals surface area (Å²) in [6.45, 7) is 0.142. The minimum absolute atomic E-state index is 0.0911. The Morgan fingerprint density at radius 2 is 1.67 bits per heavy atom. The number of rotatable bonds is 11. The van der Waals surface area contributed by atoms with Crippen LogP contribution in [0.25, 0.3) is 0 Å². The standard InChI is InChI=1S/C24H32N2O6S/c1-30-22-13-8-18(16-23(22)31-2)14-15-25-33(28,29)21-11-9-20(10-12-21)32-17-24(27)26-19-6-4-3-5-7-19/h8-13,16,19,25H,3-7,14-15,17H2,1-2H3,(H,26,27). The molecular formula is C24H32N2O6S. The lowest BCUT2D eigenvalue weighted by Crippen LogP contribution is -2.38. The third-order valence-corrected chi connectivity index (χ3v) is 7.10. The van der Waals surface area contributed by atoms with Gasteiger partial charge in [-0.15, -0.1) is 0 Å². The van der Waals surface area contributed by atoms with Crippen molar-refractivity contribution in [2.45, 2.75) is 49.5 Å². The predicted molar refractivity (Wildman–Crippen MR) is 125 cm³/mol. The number of hydrogen-bond donors (Lipinski definition) is 2. The van der Waals surface area contributed by atoms with Gasteiger partial charge in [0, 0.05) is 12.6 Å². The Bertz CT molecular complexity index is 1020. The molecule has 0 atom stereocenters. The molecule has 3 rings (SSSR count). The quantitative estimate of drug-likeness (QED) is 0.517. The fourth-order valence-corrected chi connectivity index (χ4v) is 4.86. The lowest BCUT2D eigenvalue weighted by atomic mass is 9.95. The van der Waals surface area contributed by atoms with E-state index in [0.29, 0.717) is 23.7 Å². The molecule has 9 heteroatoms. The zero-order chi connectivity index (χ0) is 23.7. The van der Waals surface area contributed by atoms with Crippen LogP contribution in [0.1, 0.15) is 37.7 Å². The van der Waals surface area contributed by atoms with Gasteiger partial charge in [-0.2, -0.15) is 0 Å². The molecule has 8 nitrogen and oxygen atoms in total. The van der Waals surface area contributed by atoms with Crippen molar-refractivity contribution in [3.63, 3.8) is 0 Å². The summed E-state index contributed by atoms with van der Waals surface area (Å²) < 4.78 is 43.8. The van der Waals surface area contributed by atoms with Crippen molar-refractivity contribution >= 4 is 15.9 Å². The van der Waals surface area contributed by atoms with Gasteiger partial charge in [-0.3, -0.25) is 4.79 Å². The van der Waals surface area contributed by atoms with Crippen LogP contribution in [0.3, 0.4) is 0 Å². The molecule has 2 aromatic carbocycles. The largest absolute Gasteiger partial charge is 0.493 e. The number of carbonyl (C=O) groups is 1. The highest BCUT2D eigenvalue weighted by Crippen LogP contribution is 2.27. The molecule has 0 saturated heterocycles. The topological polar surface area (TPSA) is 103 Å². The van der Waals surface area contributed by atoms with Crippen molar-refractivity contribution in [3.8, 4) is 17.2 Å². The van der Waals surface area contributed by atoms with Gasteiger partial charge in [0.2, 0.25) is 10.0 Å². The Morgan fingerprint density at radius 1 is 0.970 bits per heavy atom. The van der Waals surface area contributed by atoms with Crippen molar-refractivity contribution in [1.29, 1.82) is 0 Å². The Labute approximate surface area is 195 Å². The fraction of sp³-hybridized carbons (Fsp3) is 0.458. The molecule has 0 aliphatic heterocycles. The van der Waals surface area contributed by atoms with Crippen molar-refractivity contribution in [2.75, 3.05) is 27.4 Å². The summed E-state index contributed by atoms with van der Waals surface area (Å²) in [4.78, 5) is 12.2. The van der Waals surface area contributed by atoms with Crippen LogP contribution in [0, 0.1) is 0 Å². The fourth-order valence-electron chi connectivity index (χ4n) is 3.83. The number of ether oxygens (including phenoxy) is 3. The van der Waals surface area contributed by atoms with E-state index in [1.54, 1.807) is 32.4 Å². The maximum Gasteiger partial charge on any atom is 0.258 e. The van der Waals surface area contributed by atoms with Gasteiger partial charge in [-0.05, 0) is 61.2 Å². The van der Waals surface area contributed by atoms with E-state index < -0.39 is 10.0 Å². The normalized spacial score (nSPS) is 14.5. The molecule has 33 heavy (non-hydrogen) atoms. The summed E-state index contributed by atoms with van der Waals surface area (Å²) in [6, 6.07) is 11.7. The van der Waals surface area contributed by atoms with Crippen LogP contribution >= 0.6 is 0 Å². The zero-order valence-corrected chi connectivity index (χ0v) is 19.9. The van der Waals surface area contributed by atoms with Crippen LogP contribution in [-0.2, 0) is 21.2 Å². The molecule has 1 amide bonds. The summed E-state index contributed by atoms with van der Waals surface area (Å²) >= 11 is 0. The Kier molecular flexibility index (Phi) is 8.96. The number of sulfonamides is 1. The molecule has 0 bridgehead atoms. The first kappa shape index (κ1) is 24.9. The highest BCUT2D eigenvalue weighted by Gasteiger charge is 2.17. The molecule has 0 spiro atoms. The molecule has 0 radical (unpaired) electrons. The lowest BCUT2D eigenvalue weighted by Gasteiger charge is -2.22. The van der Waals surface area contributed by atoms with Crippen molar-refractivity contribution in [1.82, 2.24) is 10.0 Å². The van der Waals surface area contributed by atoms with Crippen LogP contribution in [0.2, 0.25) is 0 Å². The molecular weight excluding hydrogens is 444 g/mol. The van der Waals surface area contributed by atoms with Gasteiger partial charge < -0.3 is 19.5 Å². The SMILES string of the molecule is COc1ccc(CCNS(=O)(=O)c2ccc(OCC(=O)NC3CCCCC3)cc2)cc1OC. The summed E-state index contributed by atoms with van der Waals surface area (Å²) in [5.74, 6) is 1.50. The van der Waals surface area contributed by atoms with Crippen LogP contribution < -0.4 is 24.2 Å². The highest BCUT2D eigenvalue weighted by molar-refractivity contribution is 7.89. The molecule has 2 N–H and O–H groups in total. The summed E-state index contributed by atoms with van der Waals surface area (Å²) in [5.41, 5.74) is 0.922. The van der Waals surface area contributed by atoms with Gasteiger partial charge in [0.05, 0.1) is 19.1 Å². The highest BCUT2D eigenvalue weighted by atomic mass is 32.2. The first-order chi connectivity index (χ1) is 15.9. The summed E-state index contributed by atoms with van der Waals surface area (Å²) in [7, 11) is -0.547. The second-order valence-electron chi connectivity index (χ2n) is 8.00. The first-order valence-electron chi connectivity index (χ1n) is 11.1. The first-order valence-corrected chi connectivity index (χ1v) is 12.6. The van der Waals surface area contributed by atoms with E-state index in [9.17, 15) is 13.2 Å². The predicted octanol–water partition coefficient (Wildman–Crippen LogP) is 3.05. The molecule has 0 heterocycles. The third-order valence-electron chi connectivity index (χ3n) is 5.63. The molecule has 0 unspecified atom stereocenters. The van der Waals surface area contributed by atoms with Gasteiger partial charge in [0.15, 0.2) is 18.1 Å². The van der Waals surface area contributed by atoms with Gasteiger partial charge in [0.25, 0.3) is 5.91 Å². The van der Waals surface area contributed by atoms with Gasteiger partial charge >= 0.3 is 0 Å². The van der Waals surface area contributed by atoms with E-state index in [1.807, 2.05) is 12.1 Å². The minimum atomic E-state index is -3.67. The number of nitrogens with one attached hydrogen (secondary N) is 2. The number of amides is 1. The van der Waals surface area contributed by atoms with E-state index in [1.165, 1.54) is 18.6 Å². The summed E-state index contributed by atoms with van der Waals surface area (Å²) in [5, 5.41) is 2.99.